The lowest BCUT2D eigenvalue weighted by molar-refractivity contribution is -0.117. The van der Waals surface area contributed by atoms with E-state index in [1.807, 2.05) is 13.0 Å². The summed E-state index contributed by atoms with van der Waals surface area (Å²) in [5.74, 6) is -0.0712. The minimum absolute atomic E-state index is 0.0712. The normalized spacial score (nSPS) is 18.8. The van der Waals surface area contributed by atoms with Crippen LogP contribution in [0.2, 0.25) is 0 Å². The van der Waals surface area contributed by atoms with Crippen LogP contribution in [0.25, 0.3) is 0 Å². The minimum atomic E-state index is -0.0712. The first-order valence-electron chi connectivity index (χ1n) is 12.0. The zero-order valence-corrected chi connectivity index (χ0v) is 20.7. The van der Waals surface area contributed by atoms with Crippen LogP contribution in [0.4, 0.5) is 0 Å². The number of nitrogens with two attached hydrogens (primary N) is 1. The maximum atomic E-state index is 12.6. The predicted molar refractivity (Wildman–Crippen MR) is 142 cm³/mol. The minimum Gasteiger partial charge on any atom is -0.405 e. The Bertz CT molecular complexity index is 773. The maximum Gasteiger partial charge on any atom is 0.247 e. The smallest absolute Gasteiger partial charge is 0.247 e. The Kier molecular flexibility index (Phi) is 15.1. The van der Waals surface area contributed by atoms with Gasteiger partial charge in [0, 0.05) is 30.6 Å². The quantitative estimate of drug-likeness (QED) is 0.110. The molecular formula is C27H43N5O. The Labute approximate surface area is 200 Å². The molecule has 1 aliphatic carbocycles. The number of hydrogen-bond donors (Lipinski definition) is 3. The molecule has 33 heavy (non-hydrogen) atoms. The molecule has 0 aromatic rings. The summed E-state index contributed by atoms with van der Waals surface area (Å²) in [5.41, 5.74) is 9.02. The average molecular weight is 454 g/mol. The summed E-state index contributed by atoms with van der Waals surface area (Å²) >= 11 is 0. The van der Waals surface area contributed by atoms with Crippen LogP contribution in [0.3, 0.4) is 0 Å². The van der Waals surface area contributed by atoms with Gasteiger partial charge in [0.25, 0.3) is 0 Å². The third kappa shape index (κ3) is 12.1. The van der Waals surface area contributed by atoms with Crippen molar-refractivity contribution >= 4 is 12.1 Å². The van der Waals surface area contributed by atoms with Gasteiger partial charge in [-0.3, -0.25) is 9.80 Å². The Morgan fingerprint density at radius 2 is 2.15 bits per heavy atom. The van der Waals surface area contributed by atoms with Crippen molar-refractivity contribution in [2.75, 3.05) is 19.6 Å². The standard InChI is InChI=1S/C27H43N5O/c1-5-26(22-25-15-11-9-8-10-14-23(25)4)29-19-13-20-30-27(33)24(16-12-18-28)17-21-32(7-3)31-6-2/h6-8,10-12,15,17-18,26,29H,3,5,9,13-14,16,19-22,28H2,1-2,4H3,(H,30,33)/b10-8-,15-11?,18-12-,24-17+,25-23+,31-6-. The fraction of sp³-hybridized carbons (Fsp3) is 0.481. The molecule has 0 spiro atoms. The topological polar surface area (TPSA) is 82.8 Å². The number of nitrogens with zero attached hydrogens (tertiary/aromatic N) is 2. The van der Waals surface area contributed by atoms with Crippen LogP contribution in [0.1, 0.15) is 59.3 Å². The Hall–Kier alpha value is -2.86. The third-order valence-electron chi connectivity index (χ3n) is 5.53. The van der Waals surface area contributed by atoms with Crippen molar-refractivity contribution in [1.82, 2.24) is 15.6 Å². The van der Waals surface area contributed by atoms with Gasteiger partial charge in [0.2, 0.25) is 5.91 Å². The van der Waals surface area contributed by atoms with Crippen LogP contribution < -0.4 is 16.4 Å². The van der Waals surface area contributed by atoms with E-state index in [0.717, 1.165) is 38.6 Å². The van der Waals surface area contributed by atoms with Gasteiger partial charge in [-0.2, -0.15) is 5.10 Å². The van der Waals surface area contributed by atoms with E-state index in [0.29, 0.717) is 31.1 Å². The van der Waals surface area contributed by atoms with Crippen LogP contribution in [0.5, 0.6) is 0 Å². The molecular weight excluding hydrogens is 410 g/mol. The largest absolute Gasteiger partial charge is 0.405 e. The zero-order valence-electron chi connectivity index (χ0n) is 20.7. The highest BCUT2D eigenvalue weighted by molar-refractivity contribution is 5.93. The van der Waals surface area contributed by atoms with Crippen LogP contribution in [-0.4, -0.2) is 42.8 Å². The molecule has 1 rings (SSSR count). The van der Waals surface area contributed by atoms with Gasteiger partial charge in [0.15, 0.2) is 0 Å². The van der Waals surface area contributed by atoms with Crippen molar-refractivity contribution in [1.29, 1.82) is 0 Å². The highest BCUT2D eigenvalue weighted by atomic mass is 16.1. The van der Waals surface area contributed by atoms with E-state index in [1.54, 1.807) is 23.5 Å². The van der Waals surface area contributed by atoms with Crippen molar-refractivity contribution in [3.8, 4) is 0 Å². The number of nitrogens with one attached hydrogen (secondary N) is 2. The van der Waals surface area contributed by atoms with Gasteiger partial charge >= 0.3 is 0 Å². The molecule has 0 radical (unpaired) electrons. The lowest BCUT2D eigenvalue weighted by Gasteiger charge is -2.20. The summed E-state index contributed by atoms with van der Waals surface area (Å²) in [5, 5.41) is 12.5. The molecule has 1 amide bonds. The Morgan fingerprint density at radius 1 is 1.33 bits per heavy atom. The molecule has 0 aromatic heterocycles. The second kappa shape index (κ2) is 17.7. The molecule has 6 heteroatoms. The molecule has 6 nitrogen and oxygen atoms in total. The lowest BCUT2D eigenvalue weighted by atomic mass is 9.96. The molecule has 0 aromatic carbocycles. The van der Waals surface area contributed by atoms with Gasteiger partial charge in [-0.05, 0) is 70.7 Å². The zero-order chi connectivity index (χ0) is 24.3. The summed E-state index contributed by atoms with van der Waals surface area (Å²) in [6.45, 7) is 12.0. The van der Waals surface area contributed by atoms with E-state index in [-0.39, 0.29) is 5.91 Å². The molecule has 0 bridgehead atoms. The van der Waals surface area contributed by atoms with E-state index in [2.05, 4.69) is 60.5 Å². The fourth-order valence-electron chi connectivity index (χ4n) is 3.48. The number of rotatable bonds is 15. The van der Waals surface area contributed by atoms with Gasteiger partial charge in [0.05, 0.1) is 6.54 Å². The first-order chi connectivity index (χ1) is 16.0. The van der Waals surface area contributed by atoms with Crippen molar-refractivity contribution < 1.29 is 4.79 Å². The van der Waals surface area contributed by atoms with Gasteiger partial charge in [-0.1, -0.05) is 55.5 Å². The monoisotopic (exact) mass is 453 g/mol. The molecule has 0 heterocycles. The number of amides is 1. The number of hydrogen-bond acceptors (Lipinski definition) is 5. The number of carbonyl (C=O) groups is 1. The molecule has 0 aliphatic heterocycles. The molecule has 0 saturated carbocycles. The van der Waals surface area contributed by atoms with E-state index in [1.165, 1.54) is 17.3 Å². The maximum absolute atomic E-state index is 12.6. The highest BCUT2D eigenvalue weighted by Crippen LogP contribution is 2.19. The predicted octanol–water partition coefficient (Wildman–Crippen LogP) is 4.71. The molecule has 4 N–H and O–H groups in total. The Balaban J connectivity index is 2.50. The molecule has 1 aliphatic rings. The lowest BCUT2D eigenvalue weighted by Crippen LogP contribution is -2.33. The number of carbonyl (C=O) groups excluding carboxylic acids is 1. The first-order valence-corrected chi connectivity index (χ1v) is 12.0. The van der Waals surface area contributed by atoms with Crippen molar-refractivity contribution in [2.24, 2.45) is 10.8 Å². The van der Waals surface area contributed by atoms with Crippen LogP contribution in [0.15, 0.2) is 77.3 Å². The molecule has 1 unspecified atom stereocenters. The summed E-state index contributed by atoms with van der Waals surface area (Å²) in [6, 6.07) is 0.438. The van der Waals surface area contributed by atoms with Crippen molar-refractivity contribution in [3.63, 3.8) is 0 Å². The molecule has 182 valence electrons. The van der Waals surface area contributed by atoms with Gasteiger partial charge in [-0.25, -0.2) is 0 Å². The van der Waals surface area contributed by atoms with Crippen LogP contribution in [-0.2, 0) is 4.79 Å². The molecule has 0 fully saturated rings. The van der Waals surface area contributed by atoms with Crippen molar-refractivity contribution in [2.45, 2.75) is 65.3 Å². The fourth-order valence-corrected chi connectivity index (χ4v) is 3.48. The third-order valence-corrected chi connectivity index (χ3v) is 5.53. The molecule has 1 atom stereocenters. The van der Waals surface area contributed by atoms with Crippen LogP contribution in [0, 0.1) is 0 Å². The van der Waals surface area contributed by atoms with Gasteiger partial charge < -0.3 is 16.4 Å². The first kappa shape index (κ1) is 28.2. The Morgan fingerprint density at radius 3 is 2.85 bits per heavy atom. The molecule has 0 saturated heterocycles. The van der Waals surface area contributed by atoms with E-state index < -0.39 is 0 Å². The SMILES string of the molecule is C=CN(C/C=C(\C/C=C\N)C(=O)NCCCNC(CC)C/C1=C(\C)C/C=C\CC=C1)/N=C\C. The van der Waals surface area contributed by atoms with Crippen molar-refractivity contribution in [3.05, 3.63) is 72.2 Å². The van der Waals surface area contributed by atoms with E-state index in [9.17, 15) is 4.79 Å². The summed E-state index contributed by atoms with van der Waals surface area (Å²) in [7, 11) is 0. The van der Waals surface area contributed by atoms with Gasteiger partial charge in [-0.15, -0.1) is 0 Å². The van der Waals surface area contributed by atoms with Gasteiger partial charge in [0.1, 0.15) is 0 Å². The number of hydrazone groups is 1. The summed E-state index contributed by atoms with van der Waals surface area (Å²) in [4.78, 5) is 12.6. The number of allylic oxidation sites excluding steroid dienone is 6. The van der Waals surface area contributed by atoms with E-state index >= 15 is 0 Å². The van der Waals surface area contributed by atoms with Crippen LogP contribution >= 0.6 is 0 Å². The summed E-state index contributed by atoms with van der Waals surface area (Å²) < 4.78 is 0. The summed E-state index contributed by atoms with van der Waals surface area (Å²) in [6.07, 6.45) is 22.9. The second-order valence-electron chi connectivity index (χ2n) is 8.03. The second-order valence-corrected chi connectivity index (χ2v) is 8.03. The highest BCUT2D eigenvalue weighted by Gasteiger charge is 2.11. The average Bonchev–Trinajstić information content (AvgIpc) is 2.81. The van der Waals surface area contributed by atoms with E-state index in [4.69, 9.17) is 5.73 Å².